The highest BCUT2D eigenvalue weighted by Crippen LogP contribution is 2.28. The van der Waals surface area contributed by atoms with Crippen LogP contribution in [0.3, 0.4) is 0 Å². The highest BCUT2D eigenvalue weighted by atomic mass is 16.3. The third kappa shape index (κ3) is 2.32. The number of para-hydroxylation sites is 1. The molecule has 0 fully saturated rings. The maximum absolute atomic E-state index is 9.87. The van der Waals surface area contributed by atoms with Gasteiger partial charge in [0, 0.05) is 18.2 Å². The van der Waals surface area contributed by atoms with Gasteiger partial charge in [0.1, 0.15) is 11.3 Å². The first-order valence-electron chi connectivity index (χ1n) is 6.55. The van der Waals surface area contributed by atoms with E-state index in [9.17, 15) is 5.11 Å². The number of benzene rings is 2. The normalized spacial score (nSPS) is 12.5. The fraction of sp³-hybridized carbons (Fsp3) is 0.188. The molecule has 0 aliphatic heterocycles. The average Bonchev–Trinajstić information content (AvgIpc) is 2.78. The predicted octanol–water partition coefficient (Wildman–Crippen LogP) is 4.01. The number of fused-ring (bicyclic) bond motifs is 1. The van der Waals surface area contributed by atoms with Crippen LogP contribution in [0.1, 0.15) is 24.4 Å². The van der Waals surface area contributed by atoms with Gasteiger partial charge >= 0.3 is 0 Å². The summed E-state index contributed by atoms with van der Waals surface area (Å²) in [7, 11) is 0. The summed E-state index contributed by atoms with van der Waals surface area (Å²) in [5.74, 6) is 0.955. The highest BCUT2D eigenvalue weighted by molar-refractivity contribution is 5.77. The third-order valence-corrected chi connectivity index (χ3v) is 3.28. The molecule has 0 aliphatic rings. The molecule has 2 aromatic carbocycles. The topological polar surface area (TPSA) is 58.3 Å². The van der Waals surface area contributed by atoms with Gasteiger partial charge in [0.2, 0.25) is 0 Å². The number of phenols is 1. The van der Waals surface area contributed by atoms with Crippen molar-refractivity contribution in [3.05, 3.63) is 53.9 Å². The molecule has 0 amide bonds. The van der Waals surface area contributed by atoms with Crippen LogP contribution < -0.4 is 5.32 Å². The first kappa shape index (κ1) is 12.5. The summed E-state index contributed by atoms with van der Waals surface area (Å²) in [6, 6.07) is 13.1. The summed E-state index contributed by atoms with van der Waals surface area (Å²) in [5, 5.41) is 13.2. The lowest BCUT2D eigenvalue weighted by molar-refractivity contribution is 0.465. The Morgan fingerprint density at radius 2 is 2.00 bits per heavy atom. The van der Waals surface area contributed by atoms with Crippen LogP contribution in [0.2, 0.25) is 0 Å². The second-order valence-electron chi connectivity index (χ2n) is 4.84. The number of aryl methyl sites for hydroxylation is 1. The number of aromatic hydroxyl groups is 1. The van der Waals surface area contributed by atoms with Crippen molar-refractivity contribution in [2.45, 2.75) is 19.9 Å². The van der Waals surface area contributed by atoms with E-state index >= 15 is 0 Å². The van der Waals surface area contributed by atoms with Crippen LogP contribution in [0.4, 0.5) is 5.69 Å². The van der Waals surface area contributed by atoms with E-state index in [1.54, 1.807) is 6.07 Å². The van der Waals surface area contributed by atoms with Crippen molar-refractivity contribution in [1.29, 1.82) is 0 Å². The van der Waals surface area contributed by atoms with Crippen LogP contribution in [0.5, 0.6) is 5.75 Å². The van der Waals surface area contributed by atoms with E-state index in [4.69, 9.17) is 4.42 Å². The first-order chi connectivity index (χ1) is 9.63. The van der Waals surface area contributed by atoms with Gasteiger partial charge < -0.3 is 14.8 Å². The minimum atomic E-state index is 0.00153. The molecule has 20 heavy (non-hydrogen) atoms. The first-order valence-corrected chi connectivity index (χ1v) is 6.55. The van der Waals surface area contributed by atoms with E-state index in [-0.39, 0.29) is 6.04 Å². The number of oxazole rings is 1. The second-order valence-corrected chi connectivity index (χ2v) is 4.84. The molecule has 0 radical (unpaired) electrons. The van der Waals surface area contributed by atoms with Crippen molar-refractivity contribution >= 4 is 16.8 Å². The Kier molecular flexibility index (Phi) is 3.06. The predicted molar refractivity (Wildman–Crippen MR) is 78.9 cm³/mol. The number of rotatable bonds is 3. The zero-order valence-corrected chi connectivity index (χ0v) is 11.4. The summed E-state index contributed by atoms with van der Waals surface area (Å²) in [6.45, 7) is 3.84. The highest BCUT2D eigenvalue weighted by Gasteiger charge is 2.10. The van der Waals surface area contributed by atoms with Crippen LogP contribution in [0, 0.1) is 6.92 Å². The summed E-state index contributed by atoms with van der Waals surface area (Å²) in [6.07, 6.45) is 0. The minimum absolute atomic E-state index is 0.00153. The molecule has 1 unspecified atom stereocenters. The number of hydrogen-bond donors (Lipinski definition) is 2. The Balaban J connectivity index is 1.87. The van der Waals surface area contributed by atoms with Gasteiger partial charge in [-0.05, 0) is 31.2 Å². The lowest BCUT2D eigenvalue weighted by Gasteiger charge is -2.16. The van der Waals surface area contributed by atoms with Gasteiger partial charge in [0.15, 0.2) is 11.5 Å². The largest absolute Gasteiger partial charge is 0.508 e. The van der Waals surface area contributed by atoms with E-state index in [0.717, 1.165) is 22.4 Å². The molecule has 4 nitrogen and oxygen atoms in total. The van der Waals surface area contributed by atoms with Gasteiger partial charge in [0.05, 0.1) is 6.04 Å². The molecule has 1 aromatic heterocycles. The summed E-state index contributed by atoms with van der Waals surface area (Å²) in [5.41, 5.74) is 3.42. The molecule has 0 spiro atoms. The van der Waals surface area contributed by atoms with Crippen molar-refractivity contribution in [3.8, 4) is 5.75 Å². The number of nitrogens with zero attached hydrogens (tertiary/aromatic N) is 1. The van der Waals surface area contributed by atoms with Gasteiger partial charge in [-0.2, -0.15) is 0 Å². The molecule has 0 saturated carbocycles. The van der Waals surface area contributed by atoms with Gasteiger partial charge in [-0.3, -0.25) is 0 Å². The van der Waals surface area contributed by atoms with Crippen LogP contribution in [-0.4, -0.2) is 10.1 Å². The van der Waals surface area contributed by atoms with E-state index in [1.807, 2.05) is 50.2 Å². The van der Waals surface area contributed by atoms with Crippen LogP contribution in [0.25, 0.3) is 11.1 Å². The van der Waals surface area contributed by atoms with Crippen molar-refractivity contribution in [2.75, 3.05) is 5.32 Å². The Morgan fingerprint density at radius 3 is 2.80 bits per heavy atom. The Morgan fingerprint density at radius 1 is 1.20 bits per heavy atom. The quantitative estimate of drug-likeness (QED) is 0.753. The molecule has 102 valence electrons. The van der Waals surface area contributed by atoms with Crippen molar-refractivity contribution < 1.29 is 9.52 Å². The summed E-state index contributed by atoms with van der Waals surface area (Å²) < 4.78 is 5.45. The monoisotopic (exact) mass is 268 g/mol. The molecular weight excluding hydrogens is 252 g/mol. The van der Waals surface area contributed by atoms with Crippen molar-refractivity contribution in [3.63, 3.8) is 0 Å². The molecule has 3 rings (SSSR count). The molecule has 0 aliphatic carbocycles. The van der Waals surface area contributed by atoms with E-state index in [1.165, 1.54) is 0 Å². The maximum atomic E-state index is 9.87. The minimum Gasteiger partial charge on any atom is -0.508 e. The van der Waals surface area contributed by atoms with Gasteiger partial charge in [-0.25, -0.2) is 4.98 Å². The standard InChI is InChI=1S/C16H16N2O2/c1-10(13-5-3-4-6-15(13)19)17-12-7-8-16-14(9-12)18-11(2)20-16/h3-10,17,19H,1-2H3. The van der Waals surface area contributed by atoms with Gasteiger partial charge in [0.25, 0.3) is 0 Å². The molecule has 0 bridgehead atoms. The molecule has 1 heterocycles. The molecular formula is C16H16N2O2. The zero-order valence-electron chi connectivity index (χ0n) is 11.4. The zero-order chi connectivity index (χ0) is 14.1. The average molecular weight is 268 g/mol. The molecule has 4 heteroatoms. The SMILES string of the molecule is Cc1nc2cc(NC(C)c3ccccc3O)ccc2o1. The van der Waals surface area contributed by atoms with Gasteiger partial charge in [-0.1, -0.05) is 18.2 Å². The molecule has 2 N–H and O–H groups in total. The molecule has 3 aromatic rings. The number of phenolic OH excluding ortho intramolecular Hbond substituents is 1. The van der Waals surface area contributed by atoms with Crippen LogP contribution >= 0.6 is 0 Å². The van der Waals surface area contributed by atoms with Crippen molar-refractivity contribution in [2.24, 2.45) is 0 Å². The number of nitrogens with one attached hydrogen (secondary N) is 1. The summed E-state index contributed by atoms with van der Waals surface area (Å²) in [4.78, 5) is 4.32. The van der Waals surface area contributed by atoms with E-state index in [2.05, 4.69) is 10.3 Å². The van der Waals surface area contributed by atoms with Crippen molar-refractivity contribution in [1.82, 2.24) is 4.98 Å². The Hall–Kier alpha value is -2.49. The van der Waals surface area contributed by atoms with E-state index in [0.29, 0.717) is 11.6 Å². The van der Waals surface area contributed by atoms with Gasteiger partial charge in [-0.15, -0.1) is 0 Å². The fourth-order valence-electron chi connectivity index (χ4n) is 2.31. The lowest BCUT2D eigenvalue weighted by atomic mass is 10.1. The smallest absolute Gasteiger partial charge is 0.192 e. The second kappa shape index (κ2) is 4.89. The van der Waals surface area contributed by atoms with Crippen LogP contribution in [0.15, 0.2) is 46.9 Å². The molecule has 1 atom stereocenters. The maximum Gasteiger partial charge on any atom is 0.192 e. The van der Waals surface area contributed by atoms with Crippen LogP contribution in [-0.2, 0) is 0 Å². The lowest BCUT2D eigenvalue weighted by Crippen LogP contribution is -2.06. The number of hydrogen-bond acceptors (Lipinski definition) is 4. The Bertz CT molecular complexity index is 749. The third-order valence-electron chi connectivity index (χ3n) is 3.28. The van der Waals surface area contributed by atoms with E-state index < -0.39 is 0 Å². The summed E-state index contributed by atoms with van der Waals surface area (Å²) >= 11 is 0. The Labute approximate surface area is 117 Å². The number of aromatic nitrogens is 1. The fourth-order valence-corrected chi connectivity index (χ4v) is 2.31. The molecule has 0 saturated heterocycles. The number of anilines is 1.